The van der Waals surface area contributed by atoms with E-state index in [1.54, 1.807) is 6.92 Å². The summed E-state index contributed by atoms with van der Waals surface area (Å²) in [6, 6.07) is 0. The molecule has 0 heterocycles. The van der Waals surface area contributed by atoms with Crippen LogP contribution in [-0.2, 0) is 19.1 Å². The van der Waals surface area contributed by atoms with Crippen LogP contribution in [0.1, 0.15) is 32.6 Å². The van der Waals surface area contributed by atoms with Crippen molar-refractivity contribution in [1.82, 2.24) is 0 Å². The van der Waals surface area contributed by atoms with Crippen molar-refractivity contribution in [2.75, 3.05) is 13.2 Å². The normalized spacial score (nSPS) is 9.07. The van der Waals surface area contributed by atoms with Crippen LogP contribution in [0.3, 0.4) is 0 Å². The van der Waals surface area contributed by atoms with Gasteiger partial charge in [0.2, 0.25) is 0 Å². The number of rotatable bonds is 7. The summed E-state index contributed by atoms with van der Waals surface area (Å²) in [4.78, 5) is 21.8. The van der Waals surface area contributed by atoms with Gasteiger partial charge in [0.25, 0.3) is 0 Å². The monoisotopic (exact) mass is 212 g/mol. The van der Waals surface area contributed by atoms with Gasteiger partial charge in [-0.3, -0.25) is 9.59 Å². The molecule has 0 aliphatic rings. The summed E-state index contributed by atoms with van der Waals surface area (Å²) in [6.07, 6.45) is 6.95. The van der Waals surface area contributed by atoms with E-state index in [2.05, 4.69) is 10.7 Å². The van der Waals surface area contributed by atoms with Gasteiger partial charge < -0.3 is 9.47 Å². The zero-order valence-corrected chi connectivity index (χ0v) is 8.95. The Morgan fingerprint density at radius 1 is 1.20 bits per heavy atom. The van der Waals surface area contributed by atoms with E-state index in [9.17, 15) is 9.59 Å². The standard InChI is InChI=1S/C11H16O4/c1-3-5-6-7-8-15-11(13)9-10(12)14-4-2/h1H,4-9H2,2H3. The van der Waals surface area contributed by atoms with Crippen molar-refractivity contribution in [1.29, 1.82) is 0 Å². The Bertz CT molecular complexity index is 239. The number of carbonyl (C=O) groups is 2. The summed E-state index contributed by atoms with van der Waals surface area (Å²) in [5.41, 5.74) is 0. The average molecular weight is 212 g/mol. The molecule has 0 atom stereocenters. The van der Waals surface area contributed by atoms with E-state index in [0.717, 1.165) is 12.8 Å². The lowest BCUT2D eigenvalue weighted by molar-refractivity contribution is -0.154. The van der Waals surface area contributed by atoms with Gasteiger partial charge in [0.1, 0.15) is 6.42 Å². The Morgan fingerprint density at radius 3 is 2.47 bits per heavy atom. The molecule has 0 rings (SSSR count). The highest BCUT2D eigenvalue weighted by Gasteiger charge is 2.10. The molecule has 4 heteroatoms. The van der Waals surface area contributed by atoms with Gasteiger partial charge >= 0.3 is 11.9 Å². The van der Waals surface area contributed by atoms with Crippen LogP contribution in [0.4, 0.5) is 0 Å². The summed E-state index contributed by atoms with van der Waals surface area (Å²) in [5.74, 6) is 1.39. The third-order valence-corrected chi connectivity index (χ3v) is 1.57. The first-order valence-corrected chi connectivity index (χ1v) is 4.95. The number of terminal acetylenes is 1. The number of hydrogen-bond acceptors (Lipinski definition) is 4. The lowest BCUT2D eigenvalue weighted by Gasteiger charge is -2.03. The Kier molecular flexibility index (Phi) is 8.16. The molecule has 0 radical (unpaired) electrons. The van der Waals surface area contributed by atoms with E-state index >= 15 is 0 Å². The Labute approximate surface area is 89.9 Å². The van der Waals surface area contributed by atoms with Gasteiger partial charge in [-0.05, 0) is 19.8 Å². The SMILES string of the molecule is C#CCCCCOC(=O)CC(=O)OCC. The number of hydrogen-bond donors (Lipinski definition) is 0. The van der Waals surface area contributed by atoms with Crippen molar-refractivity contribution >= 4 is 11.9 Å². The van der Waals surface area contributed by atoms with Crippen molar-refractivity contribution in [2.45, 2.75) is 32.6 Å². The van der Waals surface area contributed by atoms with Gasteiger partial charge in [0.15, 0.2) is 0 Å². The van der Waals surface area contributed by atoms with Crippen LogP contribution in [0.5, 0.6) is 0 Å². The van der Waals surface area contributed by atoms with E-state index < -0.39 is 11.9 Å². The molecule has 0 aliphatic carbocycles. The van der Waals surface area contributed by atoms with Crippen molar-refractivity contribution in [3.05, 3.63) is 0 Å². The fourth-order valence-corrected chi connectivity index (χ4v) is 0.896. The largest absolute Gasteiger partial charge is 0.466 e. The van der Waals surface area contributed by atoms with Gasteiger partial charge in [-0.25, -0.2) is 0 Å². The summed E-state index contributed by atoms with van der Waals surface area (Å²) in [6.45, 7) is 2.26. The number of ether oxygens (including phenoxy) is 2. The van der Waals surface area contributed by atoms with Gasteiger partial charge in [-0.1, -0.05) is 0 Å². The second kappa shape index (κ2) is 9.07. The lowest BCUT2D eigenvalue weighted by Crippen LogP contribution is -2.14. The van der Waals surface area contributed by atoms with Crippen molar-refractivity contribution in [2.24, 2.45) is 0 Å². The van der Waals surface area contributed by atoms with Crippen LogP contribution in [-0.4, -0.2) is 25.2 Å². The zero-order valence-electron chi connectivity index (χ0n) is 8.95. The molecule has 0 bridgehead atoms. The first-order chi connectivity index (χ1) is 7.20. The smallest absolute Gasteiger partial charge is 0.317 e. The fraction of sp³-hybridized carbons (Fsp3) is 0.636. The zero-order chi connectivity index (χ0) is 11.5. The average Bonchev–Trinajstić information content (AvgIpc) is 2.17. The van der Waals surface area contributed by atoms with Crippen molar-refractivity contribution < 1.29 is 19.1 Å². The van der Waals surface area contributed by atoms with Crippen LogP contribution in [0, 0.1) is 12.3 Å². The van der Waals surface area contributed by atoms with Crippen molar-refractivity contribution in [3.8, 4) is 12.3 Å². The molecule has 0 saturated heterocycles. The fourth-order valence-electron chi connectivity index (χ4n) is 0.896. The van der Waals surface area contributed by atoms with Gasteiger partial charge in [-0.2, -0.15) is 0 Å². The summed E-state index contributed by atoms with van der Waals surface area (Å²) in [7, 11) is 0. The molecule has 0 saturated carbocycles. The van der Waals surface area contributed by atoms with Crippen LogP contribution >= 0.6 is 0 Å². The lowest BCUT2D eigenvalue weighted by atomic mass is 10.2. The Hall–Kier alpha value is -1.50. The molecule has 0 aromatic rings. The minimum absolute atomic E-state index is 0.272. The molecule has 0 aromatic carbocycles. The van der Waals surface area contributed by atoms with Gasteiger partial charge in [-0.15, -0.1) is 12.3 Å². The predicted octanol–water partition coefficient (Wildman–Crippen LogP) is 1.29. The molecule has 4 nitrogen and oxygen atoms in total. The molecule has 84 valence electrons. The molecule has 0 spiro atoms. The Morgan fingerprint density at radius 2 is 1.87 bits per heavy atom. The van der Waals surface area contributed by atoms with Gasteiger partial charge in [0, 0.05) is 6.42 Å². The first-order valence-electron chi connectivity index (χ1n) is 4.95. The topological polar surface area (TPSA) is 52.6 Å². The van der Waals surface area contributed by atoms with E-state index in [1.165, 1.54) is 0 Å². The molecular weight excluding hydrogens is 196 g/mol. The quantitative estimate of drug-likeness (QED) is 0.276. The molecular formula is C11H16O4. The van der Waals surface area contributed by atoms with Crippen LogP contribution in [0.25, 0.3) is 0 Å². The maximum absolute atomic E-state index is 11.0. The first kappa shape index (κ1) is 13.5. The highest BCUT2D eigenvalue weighted by molar-refractivity contribution is 5.91. The van der Waals surface area contributed by atoms with E-state index in [4.69, 9.17) is 11.2 Å². The predicted molar refractivity (Wildman–Crippen MR) is 54.9 cm³/mol. The molecule has 0 aliphatic heterocycles. The van der Waals surface area contributed by atoms with Crippen molar-refractivity contribution in [3.63, 3.8) is 0 Å². The molecule has 0 amide bonds. The summed E-state index contributed by atoms with van der Waals surface area (Å²) < 4.78 is 9.39. The minimum atomic E-state index is -0.550. The summed E-state index contributed by atoms with van der Waals surface area (Å²) in [5, 5.41) is 0. The number of esters is 2. The van der Waals surface area contributed by atoms with Crippen LogP contribution in [0.15, 0.2) is 0 Å². The van der Waals surface area contributed by atoms with E-state index in [1.807, 2.05) is 0 Å². The molecule has 15 heavy (non-hydrogen) atoms. The Balaban J connectivity index is 3.41. The third kappa shape index (κ3) is 8.82. The second-order valence-electron chi connectivity index (χ2n) is 2.86. The van der Waals surface area contributed by atoms with E-state index in [0.29, 0.717) is 13.0 Å². The number of unbranched alkanes of at least 4 members (excludes halogenated alkanes) is 2. The van der Waals surface area contributed by atoms with Crippen LogP contribution < -0.4 is 0 Å². The second-order valence-corrected chi connectivity index (χ2v) is 2.86. The molecule has 0 fully saturated rings. The van der Waals surface area contributed by atoms with Gasteiger partial charge in [0.05, 0.1) is 13.2 Å². The van der Waals surface area contributed by atoms with Crippen LogP contribution in [0.2, 0.25) is 0 Å². The molecule has 0 N–H and O–H groups in total. The molecule has 0 unspecified atom stereocenters. The highest BCUT2D eigenvalue weighted by atomic mass is 16.6. The minimum Gasteiger partial charge on any atom is -0.466 e. The maximum Gasteiger partial charge on any atom is 0.317 e. The molecule has 0 aromatic heterocycles. The highest BCUT2D eigenvalue weighted by Crippen LogP contribution is 1.97. The maximum atomic E-state index is 11.0. The third-order valence-electron chi connectivity index (χ3n) is 1.57. The van der Waals surface area contributed by atoms with E-state index in [-0.39, 0.29) is 13.0 Å². The summed E-state index contributed by atoms with van der Waals surface area (Å²) >= 11 is 0. The number of carbonyl (C=O) groups excluding carboxylic acids is 2.